The first kappa shape index (κ1) is 20.5. The number of thiophene rings is 1. The van der Waals surface area contributed by atoms with Crippen LogP contribution in [0.15, 0.2) is 47.4 Å². The second-order valence-corrected chi connectivity index (χ2v) is 8.25. The highest BCUT2D eigenvalue weighted by atomic mass is 32.1. The van der Waals surface area contributed by atoms with Crippen LogP contribution in [0.4, 0.5) is 0 Å². The molecular weight excluding hydrogens is 366 g/mol. The van der Waals surface area contributed by atoms with Gasteiger partial charge in [0.25, 0.3) is 0 Å². The molecule has 2 aromatic rings. The van der Waals surface area contributed by atoms with E-state index >= 15 is 0 Å². The summed E-state index contributed by atoms with van der Waals surface area (Å²) in [5.74, 6) is 0. The first-order chi connectivity index (χ1) is 13.5. The number of hydrogen-bond donors (Lipinski definition) is 1. The Kier molecular flexibility index (Phi) is 6.85. The highest BCUT2D eigenvalue weighted by Gasteiger charge is 2.23. The smallest absolute Gasteiger partial charge is 0.0971 e. The lowest BCUT2D eigenvalue weighted by molar-refractivity contribution is 0.0992. The normalized spacial score (nSPS) is 17.1. The van der Waals surface area contributed by atoms with E-state index in [1.807, 2.05) is 32.1 Å². The zero-order valence-corrected chi connectivity index (χ0v) is 17.6. The number of aliphatic hydroxyl groups is 1. The lowest BCUT2D eigenvalue weighted by atomic mass is 9.99. The molecule has 0 saturated carbocycles. The zero-order chi connectivity index (χ0) is 20.1. The minimum atomic E-state index is -0.341. The third-order valence-electron chi connectivity index (χ3n) is 4.91. The Morgan fingerprint density at radius 3 is 2.96 bits per heavy atom. The molecule has 0 radical (unpaired) electrons. The number of benzene rings is 1. The van der Waals surface area contributed by atoms with Crippen molar-refractivity contribution in [3.8, 4) is 16.5 Å². The minimum Gasteiger partial charge on any atom is -0.388 e. The van der Waals surface area contributed by atoms with Gasteiger partial charge in [-0.25, -0.2) is 0 Å². The molecule has 1 heterocycles. The van der Waals surface area contributed by atoms with Gasteiger partial charge in [0.05, 0.1) is 30.5 Å². The summed E-state index contributed by atoms with van der Waals surface area (Å²) in [4.78, 5) is 1.20. The largest absolute Gasteiger partial charge is 0.388 e. The molecule has 1 unspecified atom stereocenters. The van der Waals surface area contributed by atoms with Crippen molar-refractivity contribution in [1.82, 2.24) is 0 Å². The van der Waals surface area contributed by atoms with Crippen LogP contribution >= 0.6 is 11.3 Å². The van der Waals surface area contributed by atoms with Crippen molar-refractivity contribution < 1.29 is 9.84 Å². The maximum atomic E-state index is 10.2. The number of hydrogen-bond acceptors (Lipinski definition) is 4. The zero-order valence-electron chi connectivity index (χ0n) is 16.7. The van der Waals surface area contributed by atoms with Crippen LogP contribution in [0, 0.1) is 11.3 Å². The summed E-state index contributed by atoms with van der Waals surface area (Å²) in [5.41, 5.74) is 6.35. The number of allylic oxidation sites excluding steroid dienone is 3. The fourth-order valence-electron chi connectivity index (χ4n) is 3.52. The summed E-state index contributed by atoms with van der Waals surface area (Å²) in [6, 6.07) is 10.7. The molecule has 0 spiro atoms. The van der Waals surface area contributed by atoms with Crippen molar-refractivity contribution in [3.63, 3.8) is 0 Å². The van der Waals surface area contributed by atoms with Gasteiger partial charge in [-0.15, -0.1) is 11.3 Å². The summed E-state index contributed by atoms with van der Waals surface area (Å²) in [6.07, 6.45) is 6.46. The van der Waals surface area contributed by atoms with Crippen molar-refractivity contribution >= 4 is 16.9 Å². The highest BCUT2D eigenvalue weighted by molar-refractivity contribution is 7.13. The van der Waals surface area contributed by atoms with E-state index in [0.717, 1.165) is 36.0 Å². The van der Waals surface area contributed by atoms with Gasteiger partial charge >= 0.3 is 0 Å². The Labute approximate surface area is 171 Å². The monoisotopic (exact) mass is 393 g/mol. The van der Waals surface area contributed by atoms with Gasteiger partial charge in [0.15, 0.2) is 0 Å². The van der Waals surface area contributed by atoms with Gasteiger partial charge in [0.2, 0.25) is 0 Å². The second kappa shape index (κ2) is 9.34. The minimum absolute atomic E-state index is 0.0960. The molecule has 1 aliphatic carbocycles. The van der Waals surface area contributed by atoms with E-state index < -0.39 is 0 Å². The van der Waals surface area contributed by atoms with E-state index in [1.54, 1.807) is 11.3 Å². The van der Waals surface area contributed by atoms with Crippen LogP contribution in [0.25, 0.3) is 16.0 Å². The van der Waals surface area contributed by atoms with E-state index in [0.29, 0.717) is 12.2 Å². The molecule has 0 aliphatic heterocycles. The topological polar surface area (TPSA) is 53.2 Å². The van der Waals surface area contributed by atoms with Gasteiger partial charge in [-0.1, -0.05) is 31.2 Å². The number of ether oxygens (including phenoxy) is 1. The molecule has 0 saturated heterocycles. The first-order valence-corrected chi connectivity index (χ1v) is 10.7. The number of fused-ring (bicyclic) bond motifs is 1. The molecule has 3 rings (SSSR count). The molecule has 146 valence electrons. The molecule has 3 nitrogen and oxygen atoms in total. The number of nitrogens with zero attached hydrogens (tertiary/aromatic N) is 1. The van der Waals surface area contributed by atoms with Crippen LogP contribution < -0.4 is 0 Å². The third-order valence-corrected chi connectivity index (χ3v) is 5.87. The standard InChI is InChI=1S/C24H27NO2S/c1-4-6-18(11-17(13-25)14-27-16(2)3)19-12-24(28-15-19)22-8-5-7-21-20(22)9-10-23(21)26/h5-8,11-12,15-16,23,26H,4,9-10,14H2,1-3H3/b17-11-,18-6+. The Morgan fingerprint density at radius 2 is 2.25 bits per heavy atom. The summed E-state index contributed by atoms with van der Waals surface area (Å²) < 4.78 is 5.61. The van der Waals surface area contributed by atoms with Crippen LogP contribution in [-0.2, 0) is 11.2 Å². The van der Waals surface area contributed by atoms with E-state index in [2.05, 4.69) is 36.6 Å². The summed E-state index contributed by atoms with van der Waals surface area (Å²) in [7, 11) is 0. The van der Waals surface area contributed by atoms with E-state index in [4.69, 9.17) is 4.74 Å². The SMILES string of the molecule is CC/C=C(\C=C(\C#N)COC(C)C)c1csc(-c2cccc3c2CCC3O)c1. The van der Waals surface area contributed by atoms with Crippen molar-refractivity contribution in [1.29, 1.82) is 5.26 Å². The predicted octanol–water partition coefficient (Wildman–Crippen LogP) is 6.06. The van der Waals surface area contributed by atoms with E-state index in [-0.39, 0.29) is 12.2 Å². The Balaban J connectivity index is 1.91. The average molecular weight is 394 g/mol. The van der Waals surface area contributed by atoms with Crippen LogP contribution in [0.1, 0.15) is 56.4 Å². The van der Waals surface area contributed by atoms with Crippen molar-refractivity contribution in [2.75, 3.05) is 6.61 Å². The molecule has 1 aromatic carbocycles. The highest BCUT2D eigenvalue weighted by Crippen LogP contribution is 2.40. The predicted molar refractivity (Wildman–Crippen MR) is 116 cm³/mol. The first-order valence-electron chi connectivity index (χ1n) is 9.85. The van der Waals surface area contributed by atoms with Crippen molar-refractivity contribution in [3.05, 3.63) is 64.1 Å². The molecule has 0 bridgehead atoms. The third kappa shape index (κ3) is 4.62. The molecule has 28 heavy (non-hydrogen) atoms. The number of aliphatic hydroxyl groups excluding tert-OH is 1. The summed E-state index contributed by atoms with van der Waals surface area (Å²) >= 11 is 1.71. The number of rotatable bonds is 7. The van der Waals surface area contributed by atoms with E-state index in [1.165, 1.54) is 16.0 Å². The van der Waals surface area contributed by atoms with Crippen LogP contribution in [-0.4, -0.2) is 17.8 Å². The van der Waals surface area contributed by atoms with E-state index in [9.17, 15) is 10.4 Å². The second-order valence-electron chi connectivity index (χ2n) is 7.34. The Bertz CT molecular complexity index is 930. The maximum Gasteiger partial charge on any atom is 0.0971 e. The van der Waals surface area contributed by atoms with Gasteiger partial charge in [-0.2, -0.15) is 5.26 Å². The van der Waals surface area contributed by atoms with Crippen LogP contribution in [0.5, 0.6) is 0 Å². The summed E-state index contributed by atoms with van der Waals surface area (Å²) in [6.45, 7) is 6.37. The van der Waals surface area contributed by atoms with Crippen LogP contribution in [0.2, 0.25) is 0 Å². The lowest BCUT2D eigenvalue weighted by Gasteiger charge is -2.08. The van der Waals surface area contributed by atoms with Gasteiger partial charge in [0.1, 0.15) is 0 Å². The molecule has 1 N–H and O–H groups in total. The molecule has 1 atom stereocenters. The number of nitriles is 1. The molecule has 0 amide bonds. The van der Waals surface area contributed by atoms with Gasteiger partial charge in [0, 0.05) is 4.88 Å². The lowest BCUT2D eigenvalue weighted by Crippen LogP contribution is -2.05. The Hall–Kier alpha value is -2.19. The van der Waals surface area contributed by atoms with Crippen molar-refractivity contribution in [2.24, 2.45) is 0 Å². The van der Waals surface area contributed by atoms with Crippen LogP contribution in [0.3, 0.4) is 0 Å². The average Bonchev–Trinajstić information content (AvgIpc) is 3.31. The molecule has 0 fully saturated rings. The van der Waals surface area contributed by atoms with Gasteiger partial charge in [-0.05, 0) is 78.5 Å². The molecule has 1 aromatic heterocycles. The summed E-state index contributed by atoms with van der Waals surface area (Å²) in [5, 5.41) is 21.8. The Morgan fingerprint density at radius 1 is 1.43 bits per heavy atom. The van der Waals surface area contributed by atoms with Gasteiger partial charge < -0.3 is 9.84 Å². The molecular formula is C24H27NO2S. The van der Waals surface area contributed by atoms with Crippen molar-refractivity contribution in [2.45, 2.75) is 52.2 Å². The van der Waals surface area contributed by atoms with Gasteiger partial charge in [-0.3, -0.25) is 0 Å². The fourth-order valence-corrected chi connectivity index (χ4v) is 4.49. The quantitative estimate of drug-likeness (QED) is 0.459. The fraction of sp³-hybridized carbons (Fsp3) is 0.375. The maximum absolute atomic E-state index is 10.2. The molecule has 1 aliphatic rings. The molecule has 4 heteroatoms.